The van der Waals surface area contributed by atoms with Gasteiger partial charge in [-0.05, 0) is 25.5 Å². The molecule has 1 fully saturated rings. The van der Waals surface area contributed by atoms with Crippen LogP contribution in [0.15, 0.2) is 6.07 Å². The maximum atomic E-state index is 12.5. The van der Waals surface area contributed by atoms with Crippen LogP contribution in [0.2, 0.25) is 0 Å². The Morgan fingerprint density at radius 3 is 2.64 bits per heavy atom. The fourth-order valence-electron chi connectivity index (χ4n) is 3.46. The Morgan fingerprint density at radius 2 is 2.00 bits per heavy atom. The molecule has 1 amide bonds. The summed E-state index contributed by atoms with van der Waals surface area (Å²) in [5.74, 6) is 0.484. The molecule has 6 nitrogen and oxygen atoms in total. The Labute approximate surface area is 153 Å². The van der Waals surface area contributed by atoms with Crippen LogP contribution >= 0.6 is 11.3 Å². The van der Waals surface area contributed by atoms with Gasteiger partial charge in [-0.1, -0.05) is 13.8 Å². The van der Waals surface area contributed by atoms with E-state index in [2.05, 4.69) is 34.1 Å². The first-order valence-corrected chi connectivity index (χ1v) is 9.95. The Balaban J connectivity index is 1.48. The van der Waals surface area contributed by atoms with Crippen molar-refractivity contribution in [2.45, 2.75) is 20.8 Å². The number of carbonyl (C=O) groups is 1. The van der Waals surface area contributed by atoms with Crippen LogP contribution < -0.4 is 5.32 Å². The summed E-state index contributed by atoms with van der Waals surface area (Å²) in [6.07, 6.45) is 0. The molecule has 0 aromatic carbocycles. The van der Waals surface area contributed by atoms with E-state index in [1.165, 1.54) is 11.3 Å². The number of nitrogens with one attached hydrogen (secondary N) is 1. The van der Waals surface area contributed by atoms with E-state index in [9.17, 15) is 4.79 Å². The largest absolute Gasteiger partial charge is 0.351 e. The molecular weight excluding hydrogens is 334 g/mol. The maximum Gasteiger partial charge on any atom is 0.261 e. The summed E-state index contributed by atoms with van der Waals surface area (Å²) in [6, 6.07) is 1.96. The van der Waals surface area contributed by atoms with Gasteiger partial charge in [-0.3, -0.25) is 9.48 Å². The molecule has 0 bridgehead atoms. The first-order chi connectivity index (χ1) is 12.0. The molecule has 3 rings (SSSR count). The molecule has 2 aromatic rings. The molecule has 7 heteroatoms. The highest BCUT2D eigenvalue weighted by Crippen LogP contribution is 2.27. The van der Waals surface area contributed by atoms with Gasteiger partial charge >= 0.3 is 0 Å². The lowest BCUT2D eigenvalue weighted by Crippen LogP contribution is -2.48. The van der Waals surface area contributed by atoms with Gasteiger partial charge in [-0.15, -0.1) is 11.3 Å². The summed E-state index contributed by atoms with van der Waals surface area (Å²) in [4.78, 5) is 19.3. The molecule has 3 heterocycles. The molecule has 1 saturated heterocycles. The number of aryl methyl sites for hydroxylation is 2. The van der Waals surface area contributed by atoms with Crippen LogP contribution in [0.1, 0.15) is 29.2 Å². The minimum absolute atomic E-state index is 0.0308. The quantitative estimate of drug-likeness (QED) is 0.852. The zero-order valence-corrected chi connectivity index (χ0v) is 16.5. The normalized spacial score (nSPS) is 17.9. The van der Waals surface area contributed by atoms with Gasteiger partial charge in [-0.2, -0.15) is 5.10 Å². The summed E-state index contributed by atoms with van der Waals surface area (Å²) < 4.78 is 1.85. The average Bonchev–Trinajstić information content (AvgIpc) is 3.15. The highest BCUT2D eigenvalue weighted by molar-refractivity contribution is 7.20. The third-order valence-corrected chi connectivity index (χ3v) is 6.21. The summed E-state index contributed by atoms with van der Waals surface area (Å²) in [6.45, 7) is 13.9. The number of rotatable bonds is 6. The number of hydrogen-bond acceptors (Lipinski definition) is 5. The predicted octanol–water partition coefficient (Wildman–Crippen LogP) is 1.95. The molecular formula is C18H29N5OS. The summed E-state index contributed by atoms with van der Waals surface area (Å²) in [7, 11) is 1.92. The van der Waals surface area contributed by atoms with Crippen molar-refractivity contribution in [3.05, 3.63) is 16.6 Å². The Kier molecular flexibility index (Phi) is 5.76. The van der Waals surface area contributed by atoms with Crippen molar-refractivity contribution in [2.24, 2.45) is 13.0 Å². The van der Waals surface area contributed by atoms with E-state index in [4.69, 9.17) is 0 Å². The summed E-state index contributed by atoms with van der Waals surface area (Å²) in [5.41, 5.74) is 0.979. The molecule has 1 N–H and O–H groups in total. The lowest BCUT2D eigenvalue weighted by molar-refractivity contribution is 0.0937. The van der Waals surface area contributed by atoms with Crippen molar-refractivity contribution in [1.82, 2.24) is 24.9 Å². The lowest BCUT2D eigenvalue weighted by Gasteiger charge is -2.35. The van der Waals surface area contributed by atoms with E-state index in [-0.39, 0.29) is 5.91 Å². The van der Waals surface area contributed by atoms with Crippen molar-refractivity contribution in [1.29, 1.82) is 0 Å². The fraction of sp³-hybridized carbons (Fsp3) is 0.667. The van der Waals surface area contributed by atoms with Gasteiger partial charge in [0.25, 0.3) is 5.91 Å². The second-order valence-corrected chi connectivity index (χ2v) is 8.12. The van der Waals surface area contributed by atoms with Crippen molar-refractivity contribution in [3.63, 3.8) is 0 Å². The number of hydrogen-bond donors (Lipinski definition) is 1. The molecule has 1 aliphatic heterocycles. The van der Waals surface area contributed by atoms with Crippen molar-refractivity contribution < 1.29 is 4.79 Å². The average molecular weight is 364 g/mol. The molecule has 2 aromatic heterocycles. The van der Waals surface area contributed by atoms with Gasteiger partial charge in [0.1, 0.15) is 4.83 Å². The molecule has 0 radical (unpaired) electrons. The SMILES string of the molecule is CCN1CCN(CC(C)CNC(=O)c2cc3c(C)nn(C)c3s2)CC1. The molecule has 1 atom stereocenters. The number of fused-ring (bicyclic) bond motifs is 1. The molecule has 0 saturated carbocycles. The third-order valence-electron chi connectivity index (χ3n) is 5.01. The second kappa shape index (κ2) is 7.85. The molecule has 25 heavy (non-hydrogen) atoms. The summed E-state index contributed by atoms with van der Waals surface area (Å²) >= 11 is 1.52. The maximum absolute atomic E-state index is 12.5. The van der Waals surface area contributed by atoms with Crippen molar-refractivity contribution in [3.8, 4) is 0 Å². The van der Waals surface area contributed by atoms with Crippen LogP contribution in [0.4, 0.5) is 0 Å². The van der Waals surface area contributed by atoms with E-state index in [0.717, 1.165) is 66.6 Å². The Bertz CT molecular complexity index is 695. The minimum Gasteiger partial charge on any atom is -0.351 e. The Hall–Kier alpha value is -1.44. The first kappa shape index (κ1) is 18.4. The van der Waals surface area contributed by atoms with Gasteiger partial charge < -0.3 is 15.1 Å². The van der Waals surface area contributed by atoms with E-state index in [1.54, 1.807) is 0 Å². The van der Waals surface area contributed by atoms with Crippen LogP contribution in [-0.4, -0.2) is 71.3 Å². The smallest absolute Gasteiger partial charge is 0.261 e. The fourth-order valence-corrected chi connectivity index (χ4v) is 4.50. The van der Waals surface area contributed by atoms with Crippen LogP contribution in [0.5, 0.6) is 0 Å². The van der Waals surface area contributed by atoms with Crippen LogP contribution in [0, 0.1) is 12.8 Å². The van der Waals surface area contributed by atoms with Crippen molar-refractivity contribution in [2.75, 3.05) is 45.8 Å². The van der Waals surface area contributed by atoms with Crippen molar-refractivity contribution >= 4 is 27.5 Å². The number of thiophene rings is 1. The van der Waals surface area contributed by atoms with Gasteiger partial charge in [0.05, 0.1) is 10.6 Å². The van der Waals surface area contributed by atoms with Crippen LogP contribution in [0.3, 0.4) is 0 Å². The topological polar surface area (TPSA) is 53.4 Å². The number of aromatic nitrogens is 2. The Morgan fingerprint density at radius 1 is 1.32 bits per heavy atom. The highest BCUT2D eigenvalue weighted by Gasteiger charge is 2.19. The zero-order chi connectivity index (χ0) is 18.0. The zero-order valence-electron chi connectivity index (χ0n) is 15.7. The molecule has 1 aliphatic rings. The number of likely N-dealkylation sites (N-methyl/N-ethyl adjacent to an activating group) is 1. The highest BCUT2D eigenvalue weighted by atomic mass is 32.1. The molecule has 0 spiro atoms. The second-order valence-electron chi connectivity index (χ2n) is 7.09. The van der Waals surface area contributed by atoms with Gasteiger partial charge in [0.2, 0.25) is 0 Å². The van der Waals surface area contributed by atoms with Crippen LogP contribution in [-0.2, 0) is 7.05 Å². The van der Waals surface area contributed by atoms with E-state index in [0.29, 0.717) is 5.92 Å². The number of piperazine rings is 1. The molecule has 0 aliphatic carbocycles. The lowest BCUT2D eigenvalue weighted by atomic mass is 10.1. The van der Waals surface area contributed by atoms with Crippen LogP contribution in [0.25, 0.3) is 10.2 Å². The molecule has 1 unspecified atom stereocenters. The number of amides is 1. The van der Waals surface area contributed by atoms with E-state index in [1.807, 2.05) is 24.7 Å². The number of nitrogens with zero attached hydrogens (tertiary/aromatic N) is 4. The first-order valence-electron chi connectivity index (χ1n) is 9.14. The van der Waals surface area contributed by atoms with E-state index < -0.39 is 0 Å². The third kappa shape index (κ3) is 4.22. The summed E-state index contributed by atoms with van der Waals surface area (Å²) in [5, 5.41) is 8.57. The molecule has 138 valence electrons. The van der Waals surface area contributed by atoms with Gasteiger partial charge in [-0.25, -0.2) is 0 Å². The minimum atomic E-state index is 0.0308. The number of carbonyl (C=O) groups excluding carboxylic acids is 1. The van der Waals surface area contributed by atoms with Gasteiger partial charge in [0.15, 0.2) is 0 Å². The predicted molar refractivity (Wildman–Crippen MR) is 103 cm³/mol. The monoisotopic (exact) mass is 363 g/mol. The van der Waals surface area contributed by atoms with Gasteiger partial charge in [0, 0.05) is 51.7 Å². The van der Waals surface area contributed by atoms with E-state index >= 15 is 0 Å². The standard InChI is InChI=1S/C18H29N5OS/c1-5-22-6-8-23(9-7-22)12-13(2)11-19-17(24)16-10-15-14(3)20-21(4)18(15)25-16/h10,13H,5-9,11-12H2,1-4H3,(H,19,24).